The zero-order chi connectivity index (χ0) is 11.9. The van der Waals surface area contributed by atoms with Crippen LogP contribution in [0.1, 0.15) is 5.56 Å². The van der Waals surface area contributed by atoms with Gasteiger partial charge >= 0.3 is 6.18 Å². The maximum absolute atomic E-state index is 12.6. The van der Waals surface area contributed by atoms with Crippen molar-refractivity contribution in [3.05, 3.63) is 29.6 Å². The number of hydrogen-bond donors (Lipinski definition) is 1. The van der Waals surface area contributed by atoms with Gasteiger partial charge < -0.3 is 0 Å². The summed E-state index contributed by atoms with van der Waals surface area (Å²) < 4.78 is 70.9. The molecule has 0 unspecified atom stereocenters. The van der Waals surface area contributed by atoms with Gasteiger partial charge in [-0.25, -0.2) is 17.9 Å². The van der Waals surface area contributed by atoms with Gasteiger partial charge in [0.25, 0.3) is 0 Å². The minimum absolute atomic E-state index is 0.234. The average Bonchev–Trinajstić information content (AvgIpc) is 2.00. The van der Waals surface area contributed by atoms with E-state index in [1.165, 1.54) is 0 Å². The van der Waals surface area contributed by atoms with E-state index in [0.29, 0.717) is 12.1 Å². The summed E-state index contributed by atoms with van der Waals surface area (Å²) in [6, 6.07) is 1.07. The van der Waals surface area contributed by atoms with E-state index in [1.807, 2.05) is 0 Å². The van der Waals surface area contributed by atoms with E-state index in [9.17, 15) is 26.0 Å². The van der Waals surface area contributed by atoms with E-state index in [2.05, 4.69) is 5.14 Å². The van der Waals surface area contributed by atoms with Crippen molar-refractivity contribution >= 4 is 10.0 Å². The summed E-state index contributed by atoms with van der Waals surface area (Å²) in [5.41, 5.74) is -1.48. The van der Waals surface area contributed by atoms with Gasteiger partial charge in [0.15, 0.2) is 0 Å². The van der Waals surface area contributed by atoms with E-state index >= 15 is 0 Å². The molecule has 0 amide bonds. The highest BCUT2D eigenvalue weighted by atomic mass is 32.2. The van der Waals surface area contributed by atoms with Gasteiger partial charge in [0.2, 0.25) is 10.0 Å². The molecule has 84 valence electrons. The summed E-state index contributed by atoms with van der Waals surface area (Å²) in [5, 5.41) is 4.53. The van der Waals surface area contributed by atoms with Gasteiger partial charge in [-0.2, -0.15) is 13.2 Å². The van der Waals surface area contributed by atoms with Crippen molar-refractivity contribution in [1.29, 1.82) is 0 Å². The van der Waals surface area contributed by atoms with Gasteiger partial charge in [-0.15, -0.1) is 0 Å². The highest BCUT2D eigenvalue weighted by Crippen LogP contribution is 2.33. The Kier molecular flexibility index (Phi) is 2.75. The van der Waals surface area contributed by atoms with Crippen LogP contribution in [0.15, 0.2) is 23.1 Å². The minimum atomic E-state index is -4.89. The number of sulfonamides is 1. The second-order valence-corrected chi connectivity index (χ2v) is 4.21. The van der Waals surface area contributed by atoms with Crippen molar-refractivity contribution in [2.45, 2.75) is 11.1 Å². The molecule has 0 radical (unpaired) electrons. The Labute approximate surface area is 82.6 Å². The molecule has 1 aromatic rings. The van der Waals surface area contributed by atoms with Crippen LogP contribution in [0.5, 0.6) is 0 Å². The quantitative estimate of drug-likeness (QED) is 0.759. The predicted molar refractivity (Wildman–Crippen MR) is 42.8 cm³/mol. The number of rotatable bonds is 1. The molecule has 3 nitrogen and oxygen atoms in total. The van der Waals surface area contributed by atoms with Crippen molar-refractivity contribution < 1.29 is 26.0 Å². The Morgan fingerprint density at radius 2 is 1.73 bits per heavy atom. The van der Waals surface area contributed by atoms with Crippen LogP contribution in [-0.2, 0) is 16.2 Å². The van der Waals surface area contributed by atoms with Crippen LogP contribution in [0, 0.1) is 5.82 Å². The Morgan fingerprint density at radius 3 is 2.13 bits per heavy atom. The summed E-state index contributed by atoms with van der Waals surface area (Å²) in [7, 11) is -4.60. The molecule has 0 aliphatic rings. The number of hydrogen-bond acceptors (Lipinski definition) is 2. The summed E-state index contributed by atoms with van der Waals surface area (Å²) in [6.07, 6.45) is -4.89. The van der Waals surface area contributed by atoms with Crippen molar-refractivity contribution in [2.24, 2.45) is 5.14 Å². The highest BCUT2D eigenvalue weighted by Gasteiger charge is 2.36. The fourth-order valence-electron chi connectivity index (χ4n) is 0.966. The fraction of sp³-hybridized carbons (Fsp3) is 0.143. The zero-order valence-electron chi connectivity index (χ0n) is 7.05. The molecule has 0 bridgehead atoms. The zero-order valence-corrected chi connectivity index (χ0v) is 7.86. The predicted octanol–water partition coefficient (Wildman–Crippen LogP) is 1.49. The smallest absolute Gasteiger partial charge is 0.225 e. The average molecular weight is 243 g/mol. The first-order valence-corrected chi connectivity index (χ1v) is 5.06. The molecule has 0 aromatic heterocycles. The lowest BCUT2D eigenvalue weighted by Gasteiger charge is -2.10. The molecule has 0 aliphatic heterocycles. The van der Waals surface area contributed by atoms with E-state index in [-0.39, 0.29) is 6.07 Å². The highest BCUT2D eigenvalue weighted by molar-refractivity contribution is 7.89. The first kappa shape index (κ1) is 11.9. The number of primary sulfonamides is 1. The summed E-state index contributed by atoms with van der Waals surface area (Å²) in [6.45, 7) is 0. The van der Waals surface area contributed by atoms with E-state index in [1.54, 1.807) is 0 Å². The van der Waals surface area contributed by atoms with E-state index < -0.39 is 32.5 Å². The molecule has 1 rings (SSSR count). The third-order valence-corrected chi connectivity index (χ3v) is 2.51. The molecule has 0 atom stereocenters. The number of alkyl halides is 3. The van der Waals surface area contributed by atoms with Crippen molar-refractivity contribution in [2.75, 3.05) is 0 Å². The van der Waals surface area contributed by atoms with Crippen molar-refractivity contribution in [3.63, 3.8) is 0 Å². The van der Waals surface area contributed by atoms with Gasteiger partial charge in [-0.05, 0) is 18.2 Å². The van der Waals surface area contributed by atoms with Gasteiger partial charge in [0, 0.05) is 0 Å². The van der Waals surface area contributed by atoms with Crippen molar-refractivity contribution in [1.82, 2.24) is 0 Å². The number of benzene rings is 1. The van der Waals surface area contributed by atoms with Gasteiger partial charge in [0.05, 0.1) is 10.5 Å². The molecule has 0 aliphatic carbocycles. The normalized spacial score (nSPS) is 12.9. The largest absolute Gasteiger partial charge is 0.417 e. The Balaban J connectivity index is 3.55. The SMILES string of the molecule is NS(=O)(=O)c1cc(F)ccc1C(F)(F)F. The maximum Gasteiger partial charge on any atom is 0.417 e. The lowest BCUT2D eigenvalue weighted by molar-refractivity contribution is -0.139. The fourth-order valence-corrected chi connectivity index (χ4v) is 1.73. The molecule has 2 N–H and O–H groups in total. The molecule has 15 heavy (non-hydrogen) atoms. The molecule has 0 saturated carbocycles. The topological polar surface area (TPSA) is 60.2 Å². The summed E-state index contributed by atoms with van der Waals surface area (Å²) >= 11 is 0. The molecule has 1 aromatic carbocycles. The van der Waals surface area contributed by atoms with Crippen LogP contribution >= 0.6 is 0 Å². The Morgan fingerprint density at radius 1 is 1.20 bits per heavy atom. The molecular formula is C7H5F4NO2S. The van der Waals surface area contributed by atoms with E-state index in [0.717, 1.165) is 0 Å². The molecule has 0 fully saturated rings. The third-order valence-electron chi connectivity index (χ3n) is 1.56. The maximum atomic E-state index is 12.6. The lowest BCUT2D eigenvalue weighted by Crippen LogP contribution is -2.19. The van der Waals surface area contributed by atoms with Crippen LogP contribution in [-0.4, -0.2) is 8.42 Å². The molecule has 0 spiro atoms. The lowest BCUT2D eigenvalue weighted by atomic mass is 10.2. The molecule has 8 heteroatoms. The van der Waals surface area contributed by atoms with Gasteiger partial charge in [-0.1, -0.05) is 0 Å². The Bertz CT molecular complexity index is 480. The first-order chi connectivity index (χ1) is 6.62. The summed E-state index contributed by atoms with van der Waals surface area (Å²) in [5.74, 6) is -1.10. The van der Waals surface area contributed by atoms with Gasteiger partial charge in [0.1, 0.15) is 5.82 Å². The van der Waals surface area contributed by atoms with E-state index in [4.69, 9.17) is 0 Å². The third kappa shape index (κ3) is 2.66. The second kappa shape index (κ2) is 3.46. The molecule has 0 heterocycles. The van der Waals surface area contributed by atoms with Crippen LogP contribution < -0.4 is 5.14 Å². The Hall–Kier alpha value is -1.15. The van der Waals surface area contributed by atoms with Crippen LogP contribution in [0.2, 0.25) is 0 Å². The van der Waals surface area contributed by atoms with Crippen LogP contribution in [0.25, 0.3) is 0 Å². The van der Waals surface area contributed by atoms with Gasteiger partial charge in [-0.3, -0.25) is 0 Å². The van der Waals surface area contributed by atoms with Crippen molar-refractivity contribution in [3.8, 4) is 0 Å². The number of halogens is 4. The van der Waals surface area contributed by atoms with Crippen LogP contribution in [0.3, 0.4) is 0 Å². The number of nitrogens with two attached hydrogens (primary N) is 1. The monoisotopic (exact) mass is 243 g/mol. The van der Waals surface area contributed by atoms with Crippen LogP contribution in [0.4, 0.5) is 17.6 Å². The minimum Gasteiger partial charge on any atom is -0.225 e. The summed E-state index contributed by atoms with van der Waals surface area (Å²) in [4.78, 5) is -1.27. The first-order valence-electron chi connectivity index (χ1n) is 3.52. The molecular weight excluding hydrogens is 238 g/mol. The second-order valence-electron chi connectivity index (χ2n) is 2.68. The molecule has 0 saturated heterocycles. The standard InChI is InChI=1S/C7H5F4NO2S/c8-4-1-2-5(7(9,10)11)6(3-4)15(12,13)14/h1-3H,(H2,12,13,14).